The first kappa shape index (κ1) is 14.0. The third-order valence-electron chi connectivity index (χ3n) is 2.75. The van der Waals surface area contributed by atoms with Crippen molar-refractivity contribution in [1.82, 2.24) is 4.98 Å². The zero-order valence-corrected chi connectivity index (χ0v) is 11.6. The van der Waals surface area contributed by atoms with Crippen LogP contribution in [0.4, 0.5) is 5.69 Å². The third kappa shape index (κ3) is 3.54. The molecule has 5 heteroatoms. The average Bonchev–Trinajstić information content (AvgIpc) is 2.47. The number of aromatic nitrogens is 1. The van der Waals surface area contributed by atoms with Crippen LogP contribution in [-0.2, 0) is 6.54 Å². The van der Waals surface area contributed by atoms with E-state index in [9.17, 15) is 5.11 Å². The van der Waals surface area contributed by atoms with Crippen LogP contribution in [0.3, 0.4) is 0 Å². The van der Waals surface area contributed by atoms with E-state index >= 15 is 0 Å². The van der Waals surface area contributed by atoms with Gasteiger partial charge in [0.2, 0.25) is 0 Å². The molecule has 2 rings (SSSR count). The molecule has 1 heterocycles. The lowest BCUT2D eigenvalue weighted by Gasteiger charge is -2.12. The normalized spacial score (nSPS) is 10.1. The number of benzene rings is 1. The lowest BCUT2D eigenvalue weighted by atomic mass is 10.2. The number of anilines is 1. The molecule has 0 aliphatic rings. The minimum atomic E-state index is 0.164. The predicted molar refractivity (Wildman–Crippen MR) is 77.4 cm³/mol. The van der Waals surface area contributed by atoms with Crippen molar-refractivity contribution in [1.29, 1.82) is 0 Å². The van der Waals surface area contributed by atoms with E-state index in [1.807, 2.05) is 25.1 Å². The van der Waals surface area contributed by atoms with Gasteiger partial charge in [-0.05, 0) is 31.2 Å². The zero-order chi connectivity index (χ0) is 14.4. The first-order chi connectivity index (χ1) is 9.72. The van der Waals surface area contributed by atoms with Crippen molar-refractivity contribution in [3.63, 3.8) is 0 Å². The Morgan fingerprint density at radius 1 is 1.20 bits per heavy atom. The fourth-order valence-electron chi connectivity index (χ4n) is 1.77. The molecule has 1 aromatic heterocycles. The van der Waals surface area contributed by atoms with E-state index in [1.54, 1.807) is 19.2 Å². The molecule has 5 nitrogen and oxygen atoms in total. The summed E-state index contributed by atoms with van der Waals surface area (Å²) in [6, 6.07) is 9.06. The van der Waals surface area contributed by atoms with E-state index in [4.69, 9.17) is 9.47 Å². The van der Waals surface area contributed by atoms with Gasteiger partial charge in [-0.1, -0.05) is 0 Å². The Morgan fingerprint density at radius 2 is 2.05 bits per heavy atom. The Hall–Kier alpha value is -2.43. The van der Waals surface area contributed by atoms with Crippen LogP contribution in [-0.4, -0.2) is 23.8 Å². The van der Waals surface area contributed by atoms with Crippen LogP contribution in [0.2, 0.25) is 0 Å². The first-order valence-corrected chi connectivity index (χ1v) is 6.41. The van der Waals surface area contributed by atoms with Crippen molar-refractivity contribution in [2.45, 2.75) is 13.5 Å². The highest BCUT2D eigenvalue weighted by Gasteiger charge is 2.05. The lowest BCUT2D eigenvalue weighted by molar-refractivity contribution is 0.311. The van der Waals surface area contributed by atoms with Crippen molar-refractivity contribution >= 4 is 5.69 Å². The second-order valence-electron chi connectivity index (χ2n) is 4.16. The van der Waals surface area contributed by atoms with Gasteiger partial charge in [0.15, 0.2) is 11.5 Å². The Morgan fingerprint density at radius 3 is 2.70 bits per heavy atom. The summed E-state index contributed by atoms with van der Waals surface area (Å²) in [5.74, 6) is 1.58. The summed E-state index contributed by atoms with van der Waals surface area (Å²) in [4.78, 5) is 4.12. The topological polar surface area (TPSA) is 63.6 Å². The van der Waals surface area contributed by atoms with Crippen LogP contribution in [0.15, 0.2) is 36.5 Å². The molecule has 0 radical (unpaired) electrons. The summed E-state index contributed by atoms with van der Waals surface area (Å²) in [5, 5.41) is 12.4. The average molecular weight is 274 g/mol. The van der Waals surface area contributed by atoms with Gasteiger partial charge in [0, 0.05) is 11.8 Å². The fraction of sp³-hybridized carbons (Fsp3) is 0.267. The van der Waals surface area contributed by atoms with Crippen molar-refractivity contribution in [2.75, 3.05) is 19.0 Å². The molecule has 1 aromatic carbocycles. The molecule has 0 spiro atoms. The van der Waals surface area contributed by atoms with Gasteiger partial charge in [0.1, 0.15) is 5.75 Å². The van der Waals surface area contributed by atoms with Gasteiger partial charge < -0.3 is 19.9 Å². The van der Waals surface area contributed by atoms with E-state index in [0.717, 1.165) is 11.4 Å². The third-order valence-corrected chi connectivity index (χ3v) is 2.75. The smallest absolute Gasteiger partial charge is 0.163 e. The molecular weight excluding hydrogens is 256 g/mol. The van der Waals surface area contributed by atoms with E-state index < -0.39 is 0 Å². The SMILES string of the molecule is CCOc1cc(NCc2ccc(O)cn2)ccc1OC. The van der Waals surface area contributed by atoms with E-state index in [0.29, 0.717) is 24.7 Å². The number of hydrogen-bond acceptors (Lipinski definition) is 5. The number of nitrogens with one attached hydrogen (secondary N) is 1. The quantitative estimate of drug-likeness (QED) is 0.848. The summed E-state index contributed by atoms with van der Waals surface area (Å²) in [6.07, 6.45) is 1.43. The minimum absolute atomic E-state index is 0.164. The molecule has 0 saturated heterocycles. The fourth-order valence-corrected chi connectivity index (χ4v) is 1.77. The van der Waals surface area contributed by atoms with Crippen molar-refractivity contribution in [3.8, 4) is 17.2 Å². The highest BCUT2D eigenvalue weighted by atomic mass is 16.5. The number of rotatable bonds is 6. The molecule has 0 unspecified atom stereocenters. The number of pyridine rings is 1. The highest BCUT2D eigenvalue weighted by Crippen LogP contribution is 2.30. The molecule has 0 fully saturated rings. The molecular formula is C15H18N2O3. The molecule has 0 aliphatic carbocycles. The molecule has 20 heavy (non-hydrogen) atoms. The maximum atomic E-state index is 9.18. The van der Waals surface area contributed by atoms with Gasteiger partial charge in [-0.2, -0.15) is 0 Å². The second kappa shape index (κ2) is 6.65. The van der Waals surface area contributed by atoms with Gasteiger partial charge in [-0.3, -0.25) is 4.98 Å². The maximum Gasteiger partial charge on any atom is 0.163 e. The van der Waals surface area contributed by atoms with Gasteiger partial charge >= 0.3 is 0 Å². The van der Waals surface area contributed by atoms with Gasteiger partial charge in [-0.15, -0.1) is 0 Å². The molecule has 106 valence electrons. The number of ether oxygens (including phenoxy) is 2. The van der Waals surface area contributed by atoms with Crippen LogP contribution in [0.25, 0.3) is 0 Å². The largest absolute Gasteiger partial charge is 0.506 e. The zero-order valence-electron chi connectivity index (χ0n) is 11.6. The molecule has 0 saturated carbocycles. The van der Waals surface area contributed by atoms with Gasteiger partial charge in [0.25, 0.3) is 0 Å². The Balaban J connectivity index is 2.05. The summed E-state index contributed by atoms with van der Waals surface area (Å²) >= 11 is 0. The second-order valence-corrected chi connectivity index (χ2v) is 4.16. The monoisotopic (exact) mass is 274 g/mol. The van der Waals surface area contributed by atoms with Crippen molar-refractivity contribution < 1.29 is 14.6 Å². The Labute approximate surface area is 118 Å². The number of aromatic hydroxyl groups is 1. The van der Waals surface area contributed by atoms with Crippen molar-refractivity contribution in [3.05, 3.63) is 42.2 Å². The van der Waals surface area contributed by atoms with Crippen LogP contribution in [0, 0.1) is 0 Å². The maximum absolute atomic E-state index is 9.18. The number of nitrogens with zero attached hydrogens (tertiary/aromatic N) is 1. The molecule has 2 N–H and O–H groups in total. The lowest BCUT2D eigenvalue weighted by Crippen LogP contribution is -2.02. The molecule has 0 aliphatic heterocycles. The van der Waals surface area contributed by atoms with E-state index in [2.05, 4.69) is 10.3 Å². The standard InChI is InChI=1S/C15H18N2O3/c1-3-20-15-8-11(5-7-14(15)19-2)16-9-12-4-6-13(18)10-17-12/h4-8,10,16,18H,3,9H2,1-2H3. The van der Waals surface area contributed by atoms with Crippen LogP contribution in [0.1, 0.15) is 12.6 Å². The molecule has 0 amide bonds. The van der Waals surface area contributed by atoms with Crippen molar-refractivity contribution in [2.24, 2.45) is 0 Å². The summed E-state index contributed by atoms with van der Waals surface area (Å²) in [7, 11) is 1.62. The predicted octanol–water partition coefficient (Wildman–Crippen LogP) is 2.81. The Kier molecular flexibility index (Phi) is 4.65. The first-order valence-electron chi connectivity index (χ1n) is 6.41. The van der Waals surface area contributed by atoms with Gasteiger partial charge in [-0.25, -0.2) is 0 Å². The molecule has 0 bridgehead atoms. The molecule has 0 atom stereocenters. The number of methoxy groups -OCH3 is 1. The van der Waals surface area contributed by atoms with Crippen LogP contribution >= 0.6 is 0 Å². The highest BCUT2D eigenvalue weighted by molar-refractivity contribution is 5.54. The summed E-state index contributed by atoms with van der Waals surface area (Å²) in [6.45, 7) is 3.08. The Bertz CT molecular complexity index is 556. The van der Waals surface area contributed by atoms with E-state index in [1.165, 1.54) is 6.20 Å². The summed E-state index contributed by atoms with van der Waals surface area (Å²) in [5.41, 5.74) is 1.76. The van der Waals surface area contributed by atoms with Crippen LogP contribution in [0.5, 0.6) is 17.2 Å². The summed E-state index contributed by atoms with van der Waals surface area (Å²) < 4.78 is 10.8. The minimum Gasteiger partial charge on any atom is -0.506 e. The van der Waals surface area contributed by atoms with Crippen LogP contribution < -0.4 is 14.8 Å². The van der Waals surface area contributed by atoms with E-state index in [-0.39, 0.29) is 5.75 Å². The molecule has 2 aromatic rings. The number of hydrogen-bond donors (Lipinski definition) is 2. The van der Waals surface area contributed by atoms with Gasteiger partial charge in [0.05, 0.1) is 32.2 Å².